The predicted octanol–water partition coefficient (Wildman–Crippen LogP) is 5.91. The number of benzene rings is 2. The molecule has 0 saturated carbocycles. The quantitative estimate of drug-likeness (QED) is 0.237. The van der Waals surface area contributed by atoms with Gasteiger partial charge in [-0.05, 0) is 61.6 Å². The summed E-state index contributed by atoms with van der Waals surface area (Å²) in [7, 11) is 1.60. The van der Waals surface area contributed by atoms with Gasteiger partial charge in [0.15, 0.2) is 0 Å². The lowest BCUT2D eigenvalue weighted by atomic mass is 9.78. The number of hydrogen-bond acceptors (Lipinski definition) is 10. The van der Waals surface area contributed by atoms with E-state index < -0.39 is 5.60 Å². The number of likely N-dealkylation sites (tertiary alicyclic amines) is 2. The molecule has 12 heteroatoms. The lowest BCUT2D eigenvalue weighted by Crippen LogP contribution is -2.52. The van der Waals surface area contributed by atoms with Crippen LogP contribution in [0.2, 0.25) is 0 Å². The van der Waals surface area contributed by atoms with Crippen LogP contribution in [0.1, 0.15) is 58.1 Å². The molecule has 2 amide bonds. The van der Waals surface area contributed by atoms with Gasteiger partial charge in [-0.15, -0.1) is 11.3 Å². The van der Waals surface area contributed by atoms with Crippen molar-refractivity contribution in [3.05, 3.63) is 118 Å². The zero-order valence-corrected chi connectivity index (χ0v) is 31.0. The van der Waals surface area contributed by atoms with Crippen LogP contribution >= 0.6 is 11.3 Å². The molecule has 0 unspecified atom stereocenters. The minimum Gasteiger partial charge on any atom is -0.497 e. The summed E-state index contributed by atoms with van der Waals surface area (Å²) < 4.78 is 5.38. The summed E-state index contributed by atoms with van der Waals surface area (Å²) in [6.45, 7) is 3.58. The number of aliphatic imine (C=N–C) groups is 2. The van der Waals surface area contributed by atoms with Crippen LogP contribution in [0.4, 0.5) is 0 Å². The molecule has 0 radical (unpaired) electrons. The Morgan fingerprint density at radius 3 is 2.46 bits per heavy atom. The molecule has 4 aliphatic heterocycles. The summed E-state index contributed by atoms with van der Waals surface area (Å²) in [5, 5.41) is 12.6. The van der Waals surface area contributed by atoms with Gasteiger partial charge >= 0.3 is 0 Å². The fourth-order valence-electron chi connectivity index (χ4n) is 7.88. The Kier molecular flexibility index (Phi) is 9.63. The van der Waals surface area contributed by atoms with Gasteiger partial charge in [0, 0.05) is 73.7 Å². The number of piperidine rings is 2. The van der Waals surface area contributed by atoms with Crippen LogP contribution in [0, 0.1) is 12.8 Å². The first-order chi connectivity index (χ1) is 26.2. The summed E-state index contributed by atoms with van der Waals surface area (Å²) in [4.78, 5) is 63.3. The van der Waals surface area contributed by atoms with Crippen LogP contribution < -0.4 is 4.74 Å². The Labute approximate surface area is 317 Å². The number of nitrogens with zero attached hydrogens (tertiary/aromatic N) is 6. The summed E-state index contributed by atoms with van der Waals surface area (Å²) in [5.74, 6) is -0.108. The molecule has 6 heterocycles. The van der Waals surface area contributed by atoms with Crippen molar-refractivity contribution in [2.24, 2.45) is 15.9 Å². The van der Waals surface area contributed by atoms with Gasteiger partial charge in [0.1, 0.15) is 21.3 Å². The minimum absolute atomic E-state index is 0.0428. The fourth-order valence-corrected chi connectivity index (χ4v) is 8.75. The van der Waals surface area contributed by atoms with Crippen molar-refractivity contribution in [3.63, 3.8) is 0 Å². The largest absolute Gasteiger partial charge is 0.497 e. The van der Waals surface area contributed by atoms with E-state index in [-0.39, 0.29) is 35.9 Å². The molecule has 0 bridgehead atoms. The van der Waals surface area contributed by atoms with Crippen molar-refractivity contribution >= 4 is 47.1 Å². The number of ketones is 1. The van der Waals surface area contributed by atoms with E-state index in [1.807, 2.05) is 83.5 Å². The third-order valence-electron chi connectivity index (χ3n) is 10.9. The summed E-state index contributed by atoms with van der Waals surface area (Å²) in [5.41, 5.74) is 4.70. The maximum Gasteiger partial charge on any atom is 0.265 e. The van der Waals surface area contributed by atoms with E-state index in [9.17, 15) is 19.5 Å². The van der Waals surface area contributed by atoms with Gasteiger partial charge in [-0.2, -0.15) is 0 Å². The molecule has 274 valence electrons. The van der Waals surface area contributed by atoms with Gasteiger partial charge in [-0.1, -0.05) is 42.5 Å². The van der Waals surface area contributed by atoms with Crippen LogP contribution in [0.15, 0.2) is 106 Å². The van der Waals surface area contributed by atoms with Crippen molar-refractivity contribution < 1.29 is 24.2 Å². The van der Waals surface area contributed by atoms with Crippen LogP contribution in [-0.2, 0) is 9.59 Å². The van der Waals surface area contributed by atoms with Crippen molar-refractivity contribution in [2.75, 3.05) is 33.3 Å². The lowest BCUT2D eigenvalue weighted by Gasteiger charge is -2.43. The Morgan fingerprint density at radius 1 is 0.907 bits per heavy atom. The number of aryl methyl sites for hydroxylation is 1. The number of amides is 2. The number of pyridine rings is 1. The monoisotopic (exact) mass is 740 g/mol. The predicted molar refractivity (Wildman–Crippen MR) is 208 cm³/mol. The van der Waals surface area contributed by atoms with Gasteiger partial charge in [-0.25, -0.2) is 9.98 Å². The highest BCUT2D eigenvalue weighted by atomic mass is 32.1. The Hall–Kier alpha value is -5.59. The van der Waals surface area contributed by atoms with Crippen LogP contribution in [0.3, 0.4) is 0 Å². The van der Waals surface area contributed by atoms with Crippen LogP contribution in [-0.4, -0.2) is 93.8 Å². The smallest absolute Gasteiger partial charge is 0.265 e. The molecule has 2 atom stereocenters. The van der Waals surface area contributed by atoms with Crippen molar-refractivity contribution in [1.29, 1.82) is 0 Å². The normalized spacial score (nSPS) is 20.8. The molecule has 1 N–H and O–H groups in total. The molecule has 0 spiro atoms. The number of rotatable bonds is 8. The topological polar surface area (TPSA) is 138 Å². The molecule has 2 aromatic heterocycles. The van der Waals surface area contributed by atoms with Crippen molar-refractivity contribution in [3.8, 4) is 16.3 Å². The number of Topliss-reactive ketones (excluding diaryl/α,β-unsaturated/α-hetero) is 1. The van der Waals surface area contributed by atoms with E-state index >= 15 is 0 Å². The van der Waals surface area contributed by atoms with E-state index in [0.29, 0.717) is 78.6 Å². The van der Waals surface area contributed by atoms with Gasteiger partial charge in [-0.3, -0.25) is 24.4 Å². The highest BCUT2D eigenvalue weighted by Crippen LogP contribution is 2.40. The molecule has 2 aromatic carbocycles. The second-order valence-electron chi connectivity index (χ2n) is 14.3. The molecular weight excluding hydrogens is 701 g/mol. The van der Waals surface area contributed by atoms with E-state index in [1.54, 1.807) is 25.7 Å². The molecule has 0 aliphatic carbocycles. The molecule has 2 fully saturated rings. The first kappa shape index (κ1) is 35.4. The molecule has 4 aromatic rings. The van der Waals surface area contributed by atoms with Crippen molar-refractivity contribution in [2.45, 2.75) is 44.1 Å². The number of thiazole rings is 1. The molecule has 11 nitrogen and oxygen atoms in total. The SMILES string of the molecule is COc1cccc(C2=C3N=CC(CC4(O)CCN(C(=O)[C@@H]5CCN(C(=O)c6cnc(-c7ccc(C)nc7)s6)C[C@H]5c5ccccc5)CC4)=C3C(=O)C=N2)c1. The number of carbonyl (C=O) groups is 3. The van der Waals surface area contributed by atoms with Gasteiger partial charge in [0.25, 0.3) is 5.91 Å². The number of allylic oxidation sites excluding steroid dienone is 1. The average Bonchev–Trinajstić information content (AvgIpc) is 3.87. The molecule has 2 saturated heterocycles. The third-order valence-corrected chi connectivity index (χ3v) is 11.9. The third kappa shape index (κ3) is 6.94. The van der Waals surface area contributed by atoms with Crippen LogP contribution in [0.25, 0.3) is 16.3 Å². The first-order valence-electron chi connectivity index (χ1n) is 18.2. The van der Waals surface area contributed by atoms with Gasteiger partial charge < -0.3 is 19.6 Å². The molecule has 54 heavy (non-hydrogen) atoms. The number of ether oxygens (including phenoxy) is 1. The Bertz CT molecular complexity index is 2230. The van der Waals surface area contributed by atoms with E-state index in [4.69, 9.17) is 4.74 Å². The number of methoxy groups -OCH3 is 1. The molecule has 8 rings (SSSR count). The van der Waals surface area contributed by atoms with E-state index in [1.165, 1.54) is 17.6 Å². The summed E-state index contributed by atoms with van der Waals surface area (Å²) >= 11 is 1.35. The summed E-state index contributed by atoms with van der Waals surface area (Å²) in [6.07, 6.45) is 7.89. The van der Waals surface area contributed by atoms with Gasteiger partial charge in [0.2, 0.25) is 11.7 Å². The number of aliphatic hydroxyl groups is 1. The Morgan fingerprint density at radius 2 is 1.70 bits per heavy atom. The zero-order chi connectivity index (χ0) is 37.4. The molecule has 4 aliphatic rings. The number of aromatic nitrogens is 2. The zero-order valence-electron chi connectivity index (χ0n) is 30.1. The summed E-state index contributed by atoms with van der Waals surface area (Å²) in [6, 6.07) is 21.3. The lowest BCUT2D eigenvalue weighted by molar-refractivity contribution is -0.141. The first-order valence-corrected chi connectivity index (χ1v) is 19.0. The minimum atomic E-state index is -1.11. The number of fused-ring (bicyclic) bond motifs is 1. The second kappa shape index (κ2) is 14.7. The maximum atomic E-state index is 14.3. The van der Waals surface area contributed by atoms with E-state index in [2.05, 4.69) is 20.0 Å². The Balaban J connectivity index is 0.952. The molecular formula is C42H40N6O5S. The van der Waals surface area contributed by atoms with Gasteiger partial charge in [0.05, 0.1) is 36.4 Å². The van der Waals surface area contributed by atoms with E-state index in [0.717, 1.165) is 27.4 Å². The van der Waals surface area contributed by atoms with Crippen LogP contribution in [0.5, 0.6) is 5.75 Å². The highest BCUT2D eigenvalue weighted by molar-refractivity contribution is 7.16. The number of hydrogen-bond donors (Lipinski definition) is 1. The maximum absolute atomic E-state index is 14.3. The fraction of sp³-hybridized carbons (Fsp3) is 0.310. The highest BCUT2D eigenvalue weighted by Gasteiger charge is 2.43. The standard InChI is InChI=1S/C42H40N6O5S/c1-26-11-12-29(21-43-26)39-46-24-35(54-39)41(51)48-16-13-32(33(25-48)27-7-4-3-5-8-27)40(50)47-17-14-42(52,15-18-47)20-30-22-44-38-36(30)34(49)23-45-37(38)28-9-6-10-31(19-28)53-2/h3-12,19,21-24,32-33,52H,13-18,20,25H2,1-2H3/t32-,33+/m1/s1. The van der Waals surface area contributed by atoms with Crippen molar-refractivity contribution in [1.82, 2.24) is 19.8 Å². The second-order valence-corrected chi connectivity index (χ2v) is 15.3. The number of carbonyl (C=O) groups excluding carboxylic acids is 3. The average molecular weight is 741 g/mol.